The van der Waals surface area contributed by atoms with Gasteiger partial charge in [0.05, 0.1) is 11.1 Å². The van der Waals surface area contributed by atoms with E-state index in [1.54, 1.807) is 0 Å². The van der Waals surface area contributed by atoms with Crippen LogP contribution in [0.2, 0.25) is 0 Å². The Balaban J connectivity index is 2.33. The first kappa shape index (κ1) is 13.6. The Morgan fingerprint density at radius 3 is 3.00 bits per heavy atom. The van der Waals surface area contributed by atoms with E-state index in [4.69, 9.17) is 4.98 Å². The number of halogens is 1. The van der Waals surface area contributed by atoms with Crippen molar-refractivity contribution in [3.8, 4) is 0 Å². The predicted molar refractivity (Wildman–Crippen MR) is 82.2 cm³/mol. The van der Waals surface area contributed by atoms with Gasteiger partial charge in [-0.3, -0.25) is 4.98 Å². The van der Waals surface area contributed by atoms with Crippen LogP contribution in [0, 0.1) is 5.92 Å². The van der Waals surface area contributed by atoms with Crippen LogP contribution in [-0.2, 0) is 12.8 Å². The predicted octanol–water partition coefficient (Wildman–Crippen LogP) is 4.21. The lowest BCUT2D eigenvalue weighted by Gasteiger charge is -2.25. The van der Waals surface area contributed by atoms with Gasteiger partial charge < -0.3 is 5.11 Å². The number of hydrogen-bond donors (Lipinski definition) is 1. The number of rotatable bonds is 2. The number of fused-ring (bicyclic) bond motifs is 2. The fourth-order valence-corrected chi connectivity index (χ4v) is 3.66. The van der Waals surface area contributed by atoms with Crippen LogP contribution in [0.15, 0.2) is 22.7 Å². The Hall–Kier alpha value is -1.42. The molecular formula is C16H16BrNO2. The highest BCUT2D eigenvalue weighted by Gasteiger charge is 2.26. The van der Waals surface area contributed by atoms with Crippen LogP contribution < -0.4 is 0 Å². The first-order valence-electron chi connectivity index (χ1n) is 6.95. The minimum atomic E-state index is -0.850. The number of aromatic carboxylic acids is 1. The van der Waals surface area contributed by atoms with Gasteiger partial charge in [0.2, 0.25) is 0 Å². The smallest absolute Gasteiger partial charge is 0.336 e. The zero-order valence-corrected chi connectivity index (χ0v) is 12.9. The van der Waals surface area contributed by atoms with Crippen molar-refractivity contribution < 1.29 is 9.90 Å². The molecule has 0 bridgehead atoms. The number of pyridine rings is 1. The highest BCUT2D eigenvalue weighted by atomic mass is 79.9. The molecule has 1 aromatic heterocycles. The summed E-state index contributed by atoms with van der Waals surface area (Å²) in [6.07, 6.45) is 3.91. The molecule has 1 heterocycles. The van der Waals surface area contributed by atoms with Gasteiger partial charge >= 0.3 is 5.97 Å². The number of carbonyl (C=O) groups is 1. The van der Waals surface area contributed by atoms with Crippen LogP contribution in [0.1, 0.15) is 41.4 Å². The number of carboxylic acid groups (broad SMARTS) is 1. The van der Waals surface area contributed by atoms with Gasteiger partial charge in [-0.15, -0.1) is 0 Å². The van der Waals surface area contributed by atoms with Crippen LogP contribution in [-0.4, -0.2) is 16.1 Å². The highest BCUT2D eigenvalue weighted by Crippen LogP contribution is 2.35. The number of aromatic nitrogens is 1. The SMILES string of the molecule is CCC1CCc2nc3cccc(Br)c3c(C(=O)O)c2C1. The molecule has 0 fully saturated rings. The summed E-state index contributed by atoms with van der Waals surface area (Å²) in [5.41, 5.74) is 3.12. The van der Waals surface area contributed by atoms with E-state index in [1.807, 2.05) is 18.2 Å². The second kappa shape index (κ2) is 5.17. The molecule has 0 spiro atoms. The van der Waals surface area contributed by atoms with Crippen LogP contribution in [0.3, 0.4) is 0 Å². The van der Waals surface area contributed by atoms with E-state index in [9.17, 15) is 9.90 Å². The third-order valence-corrected chi connectivity index (χ3v) is 4.88. The summed E-state index contributed by atoms with van der Waals surface area (Å²) in [6.45, 7) is 2.17. The van der Waals surface area contributed by atoms with Gasteiger partial charge in [0, 0.05) is 15.6 Å². The molecule has 1 unspecified atom stereocenters. The van der Waals surface area contributed by atoms with Crippen molar-refractivity contribution in [2.24, 2.45) is 5.92 Å². The van der Waals surface area contributed by atoms with E-state index in [0.29, 0.717) is 11.5 Å². The molecule has 1 N–H and O–H groups in total. The maximum absolute atomic E-state index is 11.8. The fourth-order valence-electron chi connectivity index (χ4n) is 3.10. The van der Waals surface area contributed by atoms with Gasteiger partial charge in [-0.05, 0) is 42.9 Å². The maximum atomic E-state index is 11.8. The molecule has 1 aliphatic rings. The summed E-state index contributed by atoms with van der Waals surface area (Å²) in [4.78, 5) is 16.5. The molecule has 20 heavy (non-hydrogen) atoms. The Morgan fingerprint density at radius 1 is 1.50 bits per heavy atom. The molecule has 4 heteroatoms. The van der Waals surface area contributed by atoms with Gasteiger partial charge in [0.25, 0.3) is 0 Å². The standard InChI is InChI=1S/C16H16BrNO2/c1-2-9-6-7-12-10(8-9)14(16(19)20)15-11(17)4-3-5-13(15)18-12/h3-5,9H,2,6-8H2,1H3,(H,19,20). The molecular weight excluding hydrogens is 318 g/mol. The molecule has 0 aliphatic heterocycles. The van der Waals surface area contributed by atoms with E-state index in [1.165, 1.54) is 0 Å². The molecule has 3 nitrogen and oxygen atoms in total. The van der Waals surface area contributed by atoms with Crippen molar-refractivity contribution in [1.29, 1.82) is 0 Å². The van der Waals surface area contributed by atoms with Crippen LogP contribution in [0.5, 0.6) is 0 Å². The lowest BCUT2D eigenvalue weighted by Crippen LogP contribution is -2.19. The average molecular weight is 334 g/mol. The normalized spacial score (nSPS) is 18.0. The van der Waals surface area contributed by atoms with Crippen LogP contribution in [0.4, 0.5) is 0 Å². The van der Waals surface area contributed by atoms with Crippen molar-refractivity contribution in [1.82, 2.24) is 4.98 Å². The first-order valence-corrected chi connectivity index (χ1v) is 7.74. The minimum absolute atomic E-state index is 0.440. The molecule has 0 saturated carbocycles. The van der Waals surface area contributed by atoms with Crippen molar-refractivity contribution in [3.05, 3.63) is 39.5 Å². The average Bonchev–Trinajstić information content (AvgIpc) is 2.44. The van der Waals surface area contributed by atoms with Gasteiger partial charge in [0.15, 0.2) is 0 Å². The molecule has 2 aromatic rings. The summed E-state index contributed by atoms with van der Waals surface area (Å²) in [5, 5.41) is 10.4. The van der Waals surface area contributed by atoms with Gasteiger partial charge in [-0.1, -0.05) is 35.3 Å². The number of aryl methyl sites for hydroxylation is 1. The van der Waals surface area contributed by atoms with Crippen LogP contribution in [0.25, 0.3) is 10.9 Å². The highest BCUT2D eigenvalue weighted by molar-refractivity contribution is 9.10. The maximum Gasteiger partial charge on any atom is 0.336 e. The number of benzene rings is 1. The lowest BCUT2D eigenvalue weighted by atomic mass is 9.82. The Morgan fingerprint density at radius 2 is 2.30 bits per heavy atom. The summed E-state index contributed by atoms with van der Waals surface area (Å²) in [7, 11) is 0. The molecule has 1 aromatic carbocycles. The number of hydrogen-bond acceptors (Lipinski definition) is 2. The first-order chi connectivity index (χ1) is 9.61. The Labute approximate surface area is 126 Å². The summed E-state index contributed by atoms with van der Waals surface area (Å²) in [5.74, 6) is -0.278. The summed E-state index contributed by atoms with van der Waals surface area (Å²) < 4.78 is 0.807. The largest absolute Gasteiger partial charge is 0.478 e. The van der Waals surface area contributed by atoms with Crippen molar-refractivity contribution >= 4 is 32.8 Å². The second-order valence-electron chi connectivity index (χ2n) is 5.37. The Bertz CT molecular complexity index is 696. The van der Waals surface area contributed by atoms with E-state index in [2.05, 4.69) is 22.9 Å². The van der Waals surface area contributed by atoms with Crippen molar-refractivity contribution in [2.75, 3.05) is 0 Å². The molecule has 1 aliphatic carbocycles. The molecule has 0 radical (unpaired) electrons. The second-order valence-corrected chi connectivity index (χ2v) is 6.22. The topological polar surface area (TPSA) is 50.2 Å². The van der Waals surface area contributed by atoms with Crippen molar-refractivity contribution in [3.63, 3.8) is 0 Å². The van der Waals surface area contributed by atoms with E-state index in [0.717, 1.165) is 52.3 Å². The van der Waals surface area contributed by atoms with Crippen LogP contribution >= 0.6 is 15.9 Å². The third kappa shape index (κ3) is 2.12. The fraction of sp³-hybridized carbons (Fsp3) is 0.375. The van der Waals surface area contributed by atoms with Crippen molar-refractivity contribution in [2.45, 2.75) is 32.6 Å². The molecule has 1 atom stereocenters. The lowest BCUT2D eigenvalue weighted by molar-refractivity contribution is 0.0697. The number of carboxylic acids is 1. The molecule has 0 amide bonds. The zero-order chi connectivity index (χ0) is 14.3. The molecule has 104 valence electrons. The summed E-state index contributed by atoms with van der Waals surface area (Å²) >= 11 is 3.47. The monoisotopic (exact) mass is 333 g/mol. The van der Waals surface area contributed by atoms with E-state index < -0.39 is 5.97 Å². The van der Waals surface area contributed by atoms with Gasteiger partial charge in [-0.2, -0.15) is 0 Å². The quantitative estimate of drug-likeness (QED) is 0.895. The van der Waals surface area contributed by atoms with Gasteiger partial charge in [-0.25, -0.2) is 4.79 Å². The Kier molecular flexibility index (Phi) is 3.50. The van der Waals surface area contributed by atoms with E-state index >= 15 is 0 Å². The molecule has 3 rings (SSSR count). The van der Waals surface area contributed by atoms with Gasteiger partial charge in [0.1, 0.15) is 0 Å². The molecule has 0 saturated heterocycles. The summed E-state index contributed by atoms with van der Waals surface area (Å²) in [6, 6.07) is 5.66. The number of nitrogens with zero attached hydrogens (tertiary/aromatic N) is 1. The van der Waals surface area contributed by atoms with E-state index in [-0.39, 0.29) is 0 Å². The zero-order valence-electron chi connectivity index (χ0n) is 11.3. The third-order valence-electron chi connectivity index (χ3n) is 4.22. The minimum Gasteiger partial charge on any atom is -0.478 e.